The summed E-state index contributed by atoms with van der Waals surface area (Å²) in [7, 11) is 3.26. The van der Waals surface area contributed by atoms with Crippen molar-refractivity contribution in [1.82, 2.24) is 4.98 Å². The van der Waals surface area contributed by atoms with Gasteiger partial charge >= 0.3 is 0 Å². The van der Waals surface area contributed by atoms with E-state index in [-0.39, 0.29) is 5.91 Å². The molecule has 2 N–H and O–H groups in total. The molecule has 0 unspecified atom stereocenters. The summed E-state index contributed by atoms with van der Waals surface area (Å²) in [6.07, 6.45) is 1.61. The van der Waals surface area contributed by atoms with Crippen molar-refractivity contribution in [3.63, 3.8) is 0 Å². The molecule has 1 heterocycles. The number of carbonyl (C=O) groups excluding carboxylic acids is 1. The molecule has 1 amide bonds. The van der Waals surface area contributed by atoms with E-state index in [1.165, 1.54) is 0 Å². The van der Waals surface area contributed by atoms with Gasteiger partial charge in [-0.25, -0.2) is 4.98 Å². The standard InChI is InChI=1S/C14H14ClN3O2/c1-16-13-10(4-3-7-17-13)14(19)18-12-8-9(20-2)5-6-11(12)15/h3-8H,1-2H3,(H,16,17)(H,18,19). The van der Waals surface area contributed by atoms with E-state index in [1.54, 1.807) is 50.7 Å². The van der Waals surface area contributed by atoms with E-state index >= 15 is 0 Å². The largest absolute Gasteiger partial charge is 0.497 e. The van der Waals surface area contributed by atoms with E-state index in [9.17, 15) is 4.79 Å². The maximum atomic E-state index is 12.3. The van der Waals surface area contributed by atoms with Crippen LogP contribution >= 0.6 is 11.6 Å². The molecule has 0 aliphatic carbocycles. The first kappa shape index (κ1) is 14.1. The summed E-state index contributed by atoms with van der Waals surface area (Å²) in [5, 5.41) is 6.05. The predicted octanol–water partition coefficient (Wildman–Crippen LogP) is 3.04. The first-order valence-electron chi connectivity index (χ1n) is 5.93. The molecule has 104 valence electrons. The molecule has 1 aromatic carbocycles. The van der Waals surface area contributed by atoms with Gasteiger partial charge in [0.25, 0.3) is 5.91 Å². The molecule has 1 aromatic heterocycles. The van der Waals surface area contributed by atoms with Crippen LogP contribution in [-0.2, 0) is 0 Å². The van der Waals surface area contributed by atoms with Gasteiger partial charge in [0.2, 0.25) is 0 Å². The third-order valence-electron chi connectivity index (χ3n) is 2.71. The number of rotatable bonds is 4. The summed E-state index contributed by atoms with van der Waals surface area (Å²) in [4.78, 5) is 16.3. The van der Waals surface area contributed by atoms with Gasteiger partial charge < -0.3 is 15.4 Å². The van der Waals surface area contributed by atoms with Crippen molar-refractivity contribution in [2.75, 3.05) is 24.8 Å². The highest BCUT2D eigenvalue weighted by Crippen LogP contribution is 2.27. The zero-order valence-electron chi connectivity index (χ0n) is 11.1. The number of pyridine rings is 1. The minimum atomic E-state index is -0.294. The normalized spacial score (nSPS) is 9.95. The average Bonchev–Trinajstić information content (AvgIpc) is 2.49. The molecule has 5 nitrogen and oxygen atoms in total. The van der Waals surface area contributed by atoms with Crippen molar-refractivity contribution < 1.29 is 9.53 Å². The molecule has 0 spiro atoms. The number of carbonyl (C=O) groups is 1. The molecule has 0 fully saturated rings. The number of ether oxygens (including phenoxy) is 1. The van der Waals surface area contributed by atoms with Crippen molar-refractivity contribution in [2.45, 2.75) is 0 Å². The Morgan fingerprint density at radius 3 is 2.85 bits per heavy atom. The topological polar surface area (TPSA) is 63.2 Å². The van der Waals surface area contributed by atoms with Crippen molar-refractivity contribution in [3.05, 3.63) is 47.1 Å². The van der Waals surface area contributed by atoms with E-state index in [2.05, 4.69) is 15.6 Å². The third kappa shape index (κ3) is 3.00. The Kier molecular flexibility index (Phi) is 4.42. The van der Waals surface area contributed by atoms with E-state index in [4.69, 9.17) is 16.3 Å². The number of halogens is 1. The van der Waals surface area contributed by atoms with Crippen molar-refractivity contribution in [1.29, 1.82) is 0 Å². The van der Waals surface area contributed by atoms with Crippen LogP contribution in [0.15, 0.2) is 36.5 Å². The summed E-state index contributed by atoms with van der Waals surface area (Å²) in [6.45, 7) is 0. The van der Waals surface area contributed by atoms with Gasteiger partial charge in [0, 0.05) is 19.3 Å². The Balaban J connectivity index is 2.27. The minimum absolute atomic E-state index is 0.294. The highest BCUT2D eigenvalue weighted by molar-refractivity contribution is 6.34. The van der Waals surface area contributed by atoms with Gasteiger partial charge in [0.15, 0.2) is 0 Å². The van der Waals surface area contributed by atoms with E-state index in [1.807, 2.05) is 0 Å². The molecule has 20 heavy (non-hydrogen) atoms. The van der Waals surface area contributed by atoms with Crippen LogP contribution in [-0.4, -0.2) is 25.0 Å². The van der Waals surface area contributed by atoms with Crippen LogP contribution in [0.4, 0.5) is 11.5 Å². The summed E-state index contributed by atoms with van der Waals surface area (Å²) in [5.41, 5.74) is 0.927. The molecule has 0 aliphatic rings. The fourth-order valence-corrected chi connectivity index (χ4v) is 1.87. The highest BCUT2D eigenvalue weighted by atomic mass is 35.5. The Hall–Kier alpha value is -2.27. The number of nitrogens with zero attached hydrogens (tertiary/aromatic N) is 1. The number of benzene rings is 1. The van der Waals surface area contributed by atoms with Gasteiger partial charge in [-0.3, -0.25) is 4.79 Å². The quantitative estimate of drug-likeness (QED) is 0.909. The van der Waals surface area contributed by atoms with E-state index in [0.717, 1.165) is 0 Å². The third-order valence-corrected chi connectivity index (χ3v) is 3.04. The lowest BCUT2D eigenvalue weighted by Crippen LogP contribution is -2.15. The number of hydrogen-bond donors (Lipinski definition) is 2. The van der Waals surface area contributed by atoms with Crippen molar-refractivity contribution in [3.8, 4) is 5.75 Å². The van der Waals surface area contributed by atoms with Gasteiger partial charge in [-0.2, -0.15) is 0 Å². The molecule has 0 saturated heterocycles. The van der Waals surface area contributed by atoms with E-state index in [0.29, 0.717) is 27.8 Å². The maximum absolute atomic E-state index is 12.3. The predicted molar refractivity (Wildman–Crippen MR) is 79.7 cm³/mol. The highest BCUT2D eigenvalue weighted by Gasteiger charge is 2.13. The Morgan fingerprint density at radius 2 is 2.15 bits per heavy atom. The minimum Gasteiger partial charge on any atom is -0.497 e. The fourth-order valence-electron chi connectivity index (χ4n) is 1.70. The van der Waals surface area contributed by atoms with Gasteiger partial charge in [-0.15, -0.1) is 0 Å². The van der Waals surface area contributed by atoms with Crippen LogP contribution in [0.5, 0.6) is 5.75 Å². The van der Waals surface area contributed by atoms with Crippen LogP contribution < -0.4 is 15.4 Å². The number of methoxy groups -OCH3 is 1. The SMILES string of the molecule is CNc1ncccc1C(=O)Nc1cc(OC)ccc1Cl. The van der Waals surface area contributed by atoms with Gasteiger partial charge in [-0.05, 0) is 24.3 Å². The summed E-state index contributed by atoms with van der Waals surface area (Å²) in [5.74, 6) is 0.825. The summed E-state index contributed by atoms with van der Waals surface area (Å²) in [6, 6.07) is 8.43. The maximum Gasteiger partial charge on any atom is 0.259 e. The number of nitrogens with one attached hydrogen (secondary N) is 2. The van der Waals surface area contributed by atoms with Crippen LogP contribution in [0, 0.1) is 0 Å². The molecule has 6 heteroatoms. The lowest BCUT2D eigenvalue weighted by molar-refractivity contribution is 0.102. The smallest absolute Gasteiger partial charge is 0.259 e. The first-order valence-corrected chi connectivity index (χ1v) is 6.31. The second-order valence-corrected chi connectivity index (χ2v) is 4.36. The van der Waals surface area contributed by atoms with Gasteiger partial charge in [0.05, 0.1) is 23.4 Å². The molecule has 2 rings (SSSR count). The molecular weight excluding hydrogens is 278 g/mol. The lowest BCUT2D eigenvalue weighted by Gasteiger charge is -2.11. The molecule has 2 aromatic rings. The first-order chi connectivity index (χ1) is 9.65. The lowest BCUT2D eigenvalue weighted by atomic mass is 10.2. The zero-order valence-corrected chi connectivity index (χ0v) is 11.9. The summed E-state index contributed by atoms with van der Waals surface area (Å²) >= 11 is 6.06. The number of anilines is 2. The average molecular weight is 292 g/mol. The van der Waals surface area contributed by atoms with Gasteiger partial charge in [0.1, 0.15) is 11.6 Å². The summed E-state index contributed by atoms with van der Waals surface area (Å²) < 4.78 is 5.11. The molecule has 0 bridgehead atoms. The Morgan fingerprint density at radius 1 is 1.35 bits per heavy atom. The second-order valence-electron chi connectivity index (χ2n) is 3.95. The van der Waals surface area contributed by atoms with E-state index < -0.39 is 0 Å². The Labute approximate surface area is 121 Å². The van der Waals surface area contributed by atoms with Crippen LogP contribution in [0.25, 0.3) is 0 Å². The molecule has 0 aliphatic heterocycles. The van der Waals surface area contributed by atoms with Crippen molar-refractivity contribution in [2.24, 2.45) is 0 Å². The van der Waals surface area contributed by atoms with Gasteiger partial charge in [-0.1, -0.05) is 11.6 Å². The Bertz CT molecular complexity index is 632. The zero-order chi connectivity index (χ0) is 14.5. The van der Waals surface area contributed by atoms with Crippen LogP contribution in [0.1, 0.15) is 10.4 Å². The molecule has 0 radical (unpaired) electrons. The molecular formula is C14H14ClN3O2. The number of amides is 1. The second kappa shape index (κ2) is 6.25. The van der Waals surface area contributed by atoms with Crippen LogP contribution in [0.2, 0.25) is 5.02 Å². The monoisotopic (exact) mass is 291 g/mol. The fraction of sp³-hybridized carbons (Fsp3) is 0.143. The number of hydrogen-bond acceptors (Lipinski definition) is 4. The molecule has 0 atom stereocenters. The number of aromatic nitrogens is 1. The molecule has 0 saturated carbocycles. The van der Waals surface area contributed by atoms with Crippen LogP contribution in [0.3, 0.4) is 0 Å². The van der Waals surface area contributed by atoms with Crippen molar-refractivity contribution >= 4 is 29.0 Å².